The number of phenolic OH excluding ortho intramolecular Hbond substituents is 2. The van der Waals surface area contributed by atoms with Crippen LogP contribution in [0.3, 0.4) is 0 Å². The smallest absolute Gasteiger partial charge is 0.328 e. The second kappa shape index (κ2) is 9.88. The van der Waals surface area contributed by atoms with Gasteiger partial charge in [0, 0.05) is 19.1 Å². The van der Waals surface area contributed by atoms with Crippen molar-refractivity contribution < 1.29 is 29.6 Å². The summed E-state index contributed by atoms with van der Waals surface area (Å²) in [5, 5.41) is 31.3. The van der Waals surface area contributed by atoms with E-state index in [9.17, 15) is 24.9 Å². The van der Waals surface area contributed by atoms with E-state index in [1.165, 1.54) is 12.1 Å². The zero-order valence-corrected chi connectivity index (χ0v) is 14.9. The van der Waals surface area contributed by atoms with Crippen molar-refractivity contribution in [2.45, 2.75) is 39.7 Å². The Morgan fingerprint density at radius 1 is 1.24 bits per heavy atom. The molecule has 7 heteroatoms. The first-order valence-corrected chi connectivity index (χ1v) is 8.36. The number of aliphatic hydroxyl groups is 1. The topological polar surface area (TPSA) is 116 Å². The summed E-state index contributed by atoms with van der Waals surface area (Å²) in [6.07, 6.45) is 0.265. The third kappa shape index (κ3) is 6.62. The van der Waals surface area contributed by atoms with E-state index in [-0.39, 0.29) is 49.4 Å². The monoisotopic (exact) mass is 353 g/mol. The number of aliphatic hydroxyl groups excluding tert-OH is 1. The number of ether oxygens (including phenoxy) is 1. The average molecular weight is 353 g/mol. The third-order valence-electron chi connectivity index (χ3n) is 3.83. The van der Waals surface area contributed by atoms with Crippen molar-refractivity contribution in [2.75, 3.05) is 13.2 Å². The molecule has 0 radical (unpaired) electrons. The van der Waals surface area contributed by atoms with Crippen LogP contribution in [-0.4, -0.2) is 46.5 Å². The molecule has 1 amide bonds. The molecule has 7 nitrogen and oxygen atoms in total. The highest BCUT2D eigenvalue weighted by molar-refractivity contribution is 5.84. The fraction of sp³-hybridized carbons (Fsp3) is 0.556. The lowest BCUT2D eigenvalue weighted by atomic mass is 9.95. The van der Waals surface area contributed by atoms with Crippen LogP contribution in [0.1, 0.15) is 32.8 Å². The van der Waals surface area contributed by atoms with Gasteiger partial charge in [0.2, 0.25) is 5.91 Å². The molecule has 0 aliphatic rings. The molecule has 0 heterocycles. The molecule has 1 rings (SSSR count). The molecule has 1 aromatic rings. The predicted molar refractivity (Wildman–Crippen MR) is 92.1 cm³/mol. The van der Waals surface area contributed by atoms with Crippen LogP contribution in [0, 0.1) is 11.8 Å². The Kier molecular flexibility index (Phi) is 8.21. The van der Waals surface area contributed by atoms with E-state index in [0.29, 0.717) is 5.56 Å². The first kappa shape index (κ1) is 20.8. The highest BCUT2D eigenvalue weighted by Gasteiger charge is 2.26. The number of phenols is 2. The first-order chi connectivity index (χ1) is 11.8. The van der Waals surface area contributed by atoms with Crippen molar-refractivity contribution in [1.29, 1.82) is 0 Å². The van der Waals surface area contributed by atoms with Crippen molar-refractivity contribution in [3.05, 3.63) is 23.8 Å². The lowest BCUT2D eigenvalue weighted by molar-refractivity contribution is -0.148. The molecule has 140 valence electrons. The van der Waals surface area contributed by atoms with Gasteiger partial charge in [-0.25, -0.2) is 4.79 Å². The summed E-state index contributed by atoms with van der Waals surface area (Å²) in [6, 6.07) is 3.44. The third-order valence-corrected chi connectivity index (χ3v) is 3.83. The van der Waals surface area contributed by atoms with Gasteiger partial charge in [0.1, 0.15) is 17.5 Å². The lowest BCUT2D eigenvalue weighted by Crippen LogP contribution is -2.46. The minimum absolute atomic E-state index is 0.000554. The minimum Gasteiger partial charge on any atom is -0.508 e. The molecule has 2 atom stereocenters. The van der Waals surface area contributed by atoms with E-state index in [1.54, 1.807) is 26.8 Å². The van der Waals surface area contributed by atoms with E-state index in [4.69, 9.17) is 4.74 Å². The van der Waals surface area contributed by atoms with Crippen LogP contribution in [0.4, 0.5) is 0 Å². The number of benzene rings is 1. The largest absolute Gasteiger partial charge is 0.508 e. The van der Waals surface area contributed by atoms with Crippen LogP contribution in [0.2, 0.25) is 0 Å². The molecule has 0 fully saturated rings. The van der Waals surface area contributed by atoms with Crippen LogP contribution in [0.25, 0.3) is 0 Å². The highest BCUT2D eigenvalue weighted by atomic mass is 16.5. The average Bonchev–Trinajstić information content (AvgIpc) is 2.54. The fourth-order valence-corrected chi connectivity index (χ4v) is 2.46. The molecule has 0 saturated carbocycles. The summed E-state index contributed by atoms with van der Waals surface area (Å²) in [5.41, 5.74) is 0.524. The Balaban J connectivity index is 2.69. The molecule has 0 saturated heterocycles. The summed E-state index contributed by atoms with van der Waals surface area (Å²) in [4.78, 5) is 24.1. The standard InChI is InChI=1S/C18H27NO6/c1-4-25-18(24)17(11(2)3)19-16(23)8-12(10-20)7-13-5-6-14(21)9-15(13)22/h5-6,9,11-12,17,20-22H,4,7-8,10H2,1-3H3,(H,19,23). The quantitative estimate of drug-likeness (QED) is 0.498. The number of hydrogen-bond acceptors (Lipinski definition) is 6. The zero-order chi connectivity index (χ0) is 19.0. The van der Waals surface area contributed by atoms with Gasteiger partial charge in [0.25, 0.3) is 0 Å². The van der Waals surface area contributed by atoms with Gasteiger partial charge < -0.3 is 25.4 Å². The molecular weight excluding hydrogens is 326 g/mol. The maximum Gasteiger partial charge on any atom is 0.328 e. The van der Waals surface area contributed by atoms with Crippen molar-refractivity contribution in [3.63, 3.8) is 0 Å². The molecule has 25 heavy (non-hydrogen) atoms. The normalized spacial score (nSPS) is 13.3. The molecule has 1 aromatic carbocycles. The predicted octanol–water partition coefficient (Wildman–Crippen LogP) is 1.34. The number of rotatable bonds is 9. The molecule has 0 aliphatic heterocycles. The Hall–Kier alpha value is -2.28. The van der Waals surface area contributed by atoms with Crippen molar-refractivity contribution in [2.24, 2.45) is 11.8 Å². The van der Waals surface area contributed by atoms with Gasteiger partial charge in [0.15, 0.2) is 0 Å². The van der Waals surface area contributed by atoms with Gasteiger partial charge >= 0.3 is 5.97 Å². The molecular formula is C18H27NO6. The summed E-state index contributed by atoms with van der Waals surface area (Å²) >= 11 is 0. The number of aromatic hydroxyl groups is 2. The molecule has 4 N–H and O–H groups in total. The number of carbonyl (C=O) groups excluding carboxylic acids is 2. The number of carbonyl (C=O) groups is 2. The second-order valence-corrected chi connectivity index (χ2v) is 6.31. The number of nitrogens with one attached hydrogen (secondary N) is 1. The zero-order valence-electron chi connectivity index (χ0n) is 14.9. The summed E-state index contributed by atoms with van der Waals surface area (Å²) in [5.74, 6) is -1.56. The molecule has 2 unspecified atom stereocenters. The van der Waals surface area contributed by atoms with Gasteiger partial charge in [-0.1, -0.05) is 19.9 Å². The minimum atomic E-state index is -0.742. The van der Waals surface area contributed by atoms with Crippen LogP contribution in [-0.2, 0) is 20.7 Å². The SMILES string of the molecule is CCOC(=O)C(NC(=O)CC(CO)Cc1ccc(O)cc1O)C(C)C. The fourth-order valence-electron chi connectivity index (χ4n) is 2.46. The van der Waals surface area contributed by atoms with Gasteiger partial charge in [-0.2, -0.15) is 0 Å². The van der Waals surface area contributed by atoms with Gasteiger partial charge in [0.05, 0.1) is 6.61 Å². The Labute approximate surface area is 147 Å². The summed E-state index contributed by atoms with van der Waals surface area (Å²) < 4.78 is 4.96. The van der Waals surface area contributed by atoms with Crippen LogP contribution >= 0.6 is 0 Å². The molecule has 0 spiro atoms. The Bertz CT molecular complexity index is 587. The Morgan fingerprint density at radius 2 is 1.92 bits per heavy atom. The van der Waals surface area contributed by atoms with E-state index >= 15 is 0 Å². The van der Waals surface area contributed by atoms with Gasteiger partial charge in [-0.3, -0.25) is 4.79 Å². The Morgan fingerprint density at radius 3 is 2.44 bits per heavy atom. The maximum absolute atomic E-state index is 12.2. The van der Waals surface area contributed by atoms with Crippen molar-refractivity contribution in [3.8, 4) is 11.5 Å². The summed E-state index contributed by atoms with van der Waals surface area (Å²) in [7, 11) is 0. The second-order valence-electron chi connectivity index (χ2n) is 6.31. The first-order valence-electron chi connectivity index (χ1n) is 8.36. The van der Waals surface area contributed by atoms with E-state index in [2.05, 4.69) is 5.32 Å². The number of esters is 1. The van der Waals surface area contributed by atoms with E-state index < -0.39 is 17.9 Å². The van der Waals surface area contributed by atoms with Crippen molar-refractivity contribution in [1.82, 2.24) is 5.32 Å². The molecule has 0 bridgehead atoms. The van der Waals surface area contributed by atoms with Gasteiger partial charge in [-0.05, 0) is 36.8 Å². The maximum atomic E-state index is 12.2. The van der Waals surface area contributed by atoms with Crippen LogP contribution in [0.5, 0.6) is 11.5 Å². The molecule has 0 aliphatic carbocycles. The summed E-state index contributed by atoms with van der Waals surface area (Å²) in [6.45, 7) is 5.29. The van der Waals surface area contributed by atoms with Crippen LogP contribution < -0.4 is 5.32 Å². The van der Waals surface area contributed by atoms with Crippen LogP contribution in [0.15, 0.2) is 18.2 Å². The number of hydrogen-bond donors (Lipinski definition) is 4. The number of amides is 1. The van der Waals surface area contributed by atoms with Crippen molar-refractivity contribution >= 4 is 11.9 Å². The van der Waals surface area contributed by atoms with E-state index in [0.717, 1.165) is 0 Å². The van der Waals surface area contributed by atoms with E-state index in [1.807, 2.05) is 0 Å². The van der Waals surface area contributed by atoms with Gasteiger partial charge in [-0.15, -0.1) is 0 Å². The lowest BCUT2D eigenvalue weighted by Gasteiger charge is -2.22. The highest BCUT2D eigenvalue weighted by Crippen LogP contribution is 2.25. The molecule has 0 aromatic heterocycles.